The molecule has 3 nitrogen and oxygen atoms in total. The minimum Gasteiger partial charge on any atom is -0.395 e. The van der Waals surface area contributed by atoms with Crippen molar-refractivity contribution in [3.05, 3.63) is 0 Å². The van der Waals surface area contributed by atoms with Crippen molar-refractivity contribution in [1.82, 2.24) is 4.90 Å². The van der Waals surface area contributed by atoms with Gasteiger partial charge in [-0.05, 0) is 32.5 Å². The number of hydrogen-bond acceptors (Lipinski definition) is 3. The average molecular weight is 217 g/mol. The van der Waals surface area contributed by atoms with Gasteiger partial charge in [-0.15, -0.1) is 0 Å². The lowest BCUT2D eigenvalue weighted by Crippen LogP contribution is -2.46. The third kappa shape index (κ3) is 3.69. The van der Waals surface area contributed by atoms with Crippen molar-refractivity contribution in [2.75, 3.05) is 33.4 Å². The van der Waals surface area contributed by atoms with Crippen molar-refractivity contribution in [1.29, 1.82) is 0 Å². The van der Waals surface area contributed by atoms with E-state index in [0.29, 0.717) is 5.92 Å². The predicted molar refractivity (Wildman–Crippen MR) is 60.7 cm³/mol. The maximum atomic E-state index is 5.93. The van der Waals surface area contributed by atoms with E-state index in [1.165, 1.54) is 6.54 Å². The van der Waals surface area contributed by atoms with E-state index in [1.54, 1.807) is 0 Å². The Morgan fingerprint density at radius 3 is 2.93 bits per heavy atom. The first kappa shape index (κ1) is 12.2. The van der Waals surface area contributed by atoms with Gasteiger partial charge in [-0.1, -0.05) is 6.92 Å². The van der Waals surface area contributed by atoms with Crippen molar-refractivity contribution in [2.24, 2.45) is 5.92 Å². The molecule has 0 radical (unpaired) electrons. The zero-order valence-electron chi connectivity index (χ0n) is 9.88. The fourth-order valence-corrected chi connectivity index (χ4v) is 5.05. The molecule has 1 aliphatic heterocycles. The van der Waals surface area contributed by atoms with E-state index in [-0.39, 0.29) is 0 Å². The Balaban J connectivity index is 2.53. The Hall–Kier alpha value is 0.0969. The highest BCUT2D eigenvalue weighted by Crippen LogP contribution is 2.22. The molecule has 1 aliphatic rings. The maximum Gasteiger partial charge on any atom is 0.335 e. The molecule has 0 N–H and O–H groups in total. The van der Waals surface area contributed by atoms with Gasteiger partial charge in [0.15, 0.2) is 0 Å². The Morgan fingerprint density at radius 1 is 1.57 bits per heavy atom. The van der Waals surface area contributed by atoms with Crippen LogP contribution in [0, 0.1) is 5.92 Å². The zero-order chi connectivity index (χ0) is 10.6. The smallest absolute Gasteiger partial charge is 0.335 e. The molecule has 0 aromatic rings. The van der Waals surface area contributed by atoms with Gasteiger partial charge in [0.25, 0.3) is 0 Å². The van der Waals surface area contributed by atoms with Gasteiger partial charge in [0.05, 0.1) is 0 Å². The van der Waals surface area contributed by atoms with Gasteiger partial charge in [0.1, 0.15) is 0 Å². The molecule has 1 heterocycles. The average Bonchev–Trinajstić information content (AvgIpc) is 2.01. The number of nitrogens with zero attached hydrogens (tertiary/aromatic N) is 1. The Kier molecular flexibility index (Phi) is 4.57. The molecule has 1 saturated heterocycles. The van der Waals surface area contributed by atoms with Crippen molar-refractivity contribution < 1.29 is 8.85 Å². The van der Waals surface area contributed by atoms with Gasteiger partial charge in [0, 0.05) is 26.3 Å². The number of likely N-dealkylation sites (N-methyl/N-ethyl adjacent to an activating group) is 1. The molecule has 0 aromatic heterocycles. The van der Waals surface area contributed by atoms with E-state index in [9.17, 15) is 0 Å². The van der Waals surface area contributed by atoms with Crippen LogP contribution < -0.4 is 0 Å². The van der Waals surface area contributed by atoms with Gasteiger partial charge in [-0.25, -0.2) is 0 Å². The van der Waals surface area contributed by atoms with Crippen molar-refractivity contribution >= 4 is 8.56 Å². The molecule has 2 unspecified atom stereocenters. The summed E-state index contributed by atoms with van der Waals surface area (Å²) in [6.07, 6.45) is 0. The number of hydrogen-bond donors (Lipinski definition) is 0. The van der Waals surface area contributed by atoms with Crippen LogP contribution >= 0.6 is 0 Å². The second kappa shape index (κ2) is 5.26. The van der Waals surface area contributed by atoms with Crippen LogP contribution in [0.15, 0.2) is 0 Å². The Morgan fingerprint density at radius 2 is 2.29 bits per heavy atom. The topological polar surface area (TPSA) is 21.7 Å². The molecule has 0 saturated carbocycles. The fourth-order valence-electron chi connectivity index (χ4n) is 2.20. The second-order valence-corrected chi connectivity index (χ2v) is 7.74. The molecular formula is C10H23NO2Si. The minimum absolute atomic E-state index is 0.684. The Bertz CT molecular complexity index is 180. The van der Waals surface area contributed by atoms with E-state index in [4.69, 9.17) is 8.85 Å². The summed E-state index contributed by atoms with van der Waals surface area (Å²) in [5.41, 5.74) is 0. The van der Waals surface area contributed by atoms with Crippen LogP contribution in [0.3, 0.4) is 0 Å². The van der Waals surface area contributed by atoms with Crippen LogP contribution in [0.4, 0.5) is 0 Å². The van der Waals surface area contributed by atoms with Crippen molar-refractivity contribution in [2.45, 2.75) is 26.4 Å². The van der Waals surface area contributed by atoms with E-state index in [1.807, 2.05) is 0 Å². The molecule has 0 aliphatic carbocycles. The van der Waals surface area contributed by atoms with Crippen LogP contribution in [0.25, 0.3) is 0 Å². The summed E-state index contributed by atoms with van der Waals surface area (Å²) in [7, 11) is 0.319. The quantitative estimate of drug-likeness (QED) is 0.657. The molecule has 14 heavy (non-hydrogen) atoms. The van der Waals surface area contributed by atoms with Gasteiger partial charge >= 0.3 is 8.56 Å². The summed E-state index contributed by atoms with van der Waals surface area (Å²) in [4.78, 5) is 2.34. The first-order chi connectivity index (χ1) is 6.56. The standard InChI is InChI=1S/C10H23NO2Si/c1-5-12-14(4)9-10(2)8-11(3)6-7-13-14/h10H,5-9H2,1-4H3. The summed E-state index contributed by atoms with van der Waals surface area (Å²) < 4.78 is 11.7. The number of rotatable bonds is 2. The Labute approximate surface area is 88.6 Å². The van der Waals surface area contributed by atoms with Gasteiger partial charge in [-0.3, -0.25) is 0 Å². The highest BCUT2D eigenvalue weighted by Gasteiger charge is 2.34. The van der Waals surface area contributed by atoms with Crippen LogP contribution in [0.5, 0.6) is 0 Å². The third-order valence-electron chi connectivity index (χ3n) is 2.67. The monoisotopic (exact) mass is 217 g/mol. The van der Waals surface area contributed by atoms with Gasteiger partial charge in [0.2, 0.25) is 0 Å². The van der Waals surface area contributed by atoms with Crippen molar-refractivity contribution in [3.8, 4) is 0 Å². The molecule has 1 rings (SSSR count). The SMILES string of the molecule is CCO[Si]1(C)CC(C)CN(C)CCO1. The second-order valence-electron chi connectivity index (χ2n) is 4.49. The molecule has 0 spiro atoms. The summed E-state index contributed by atoms with van der Waals surface area (Å²) in [6.45, 7) is 10.3. The fraction of sp³-hybridized carbons (Fsp3) is 1.00. The normalized spacial score (nSPS) is 36.4. The van der Waals surface area contributed by atoms with Gasteiger partial charge < -0.3 is 13.8 Å². The molecule has 0 bridgehead atoms. The van der Waals surface area contributed by atoms with E-state index in [0.717, 1.165) is 25.8 Å². The molecule has 0 aromatic carbocycles. The van der Waals surface area contributed by atoms with Crippen LogP contribution in [-0.2, 0) is 8.85 Å². The molecule has 0 amide bonds. The predicted octanol–water partition coefficient (Wildman–Crippen LogP) is 1.69. The molecule has 1 fully saturated rings. The molecule has 2 atom stereocenters. The first-order valence-electron chi connectivity index (χ1n) is 5.52. The highest BCUT2D eigenvalue weighted by atomic mass is 28.4. The molecule has 4 heteroatoms. The van der Waals surface area contributed by atoms with Crippen molar-refractivity contribution in [3.63, 3.8) is 0 Å². The van der Waals surface area contributed by atoms with E-state index in [2.05, 4.69) is 32.3 Å². The highest BCUT2D eigenvalue weighted by molar-refractivity contribution is 6.66. The van der Waals surface area contributed by atoms with Crippen LogP contribution in [0.2, 0.25) is 12.6 Å². The zero-order valence-corrected chi connectivity index (χ0v) is 10.9. The largest absolute Gasteiger partial charge is 0.395 e. The van der Waals surface area contributed by atoms with Gasteiger partial charge in [-0.2, -0.15) is 0 Å². The first-order valence-corrected chi connectivity index (χ1v) is 8.04. The third-order valence-corrected chi connectivity index (χ3v) is 5.83. The summed E-state index contributed by atoms with van der Waals surface area (Å²) in [6, 6.07) is 1.12. The maximum absolute atomic E-state index is 5.93. The summed E-state index contributed by atoms with van der Waals surface area (Å²) in [5.74, 6) is 0.684. The molecule has 84 valence electrons. The van der Waals surface area contributed by atoms with Crippen LogP contribution in [-0.4, -0.2) is 46.8 Å². The minimum atomic E-state index is -1.84. The summed E-state index contributed by atoms with van der Waals surface area (Å²) in [5, 5.41) is 0. The summed E-state index contributed by atoms with van der Waals surface area (Å²) >= 11 is 0. The lowest BCUT2D eigenvalue weighted by molar-refractivity contribution is 0.134. The van der Waals surface area contributed by atoms with Crippen LogP contribution in [0.1, 0.15) is 13.8 Å². The molecular weight excluding hydrogens is 194 g/mol. The van der Waals surface area contributed by atoms with E-state index >= 15 is 0 Å². The lowest BCUT2D eigenvalue weighted by Gasteiger charge is -2.34. The lowest BCUT2D eigenvalue weighted by atomic mass is 10.2. The van der Waals surface area contributed by atoms with E-state index < -0.39 is 8.56 Å².